The molecule has 2 heterocycles. The minimum atomic E-state index is 0.794. The zero-order valence-corrected chi connectivity index (χ0v) is 10.3. The van der Waals surface area contributed by atoms with E-state index in [1.165, 1.54) is 11.3 Å². The molecule has 0 saturated carbocycles. The minimum Gasteiger partial charge on any atom is -0.370 e. The van der Waals surface area contributed by atoms with E-state index in [4.69, 9.17) is 0 Å². The number of anilines is 1. The maximum atomic E-state index is 4.29. The van der Waals surface area contributed by atoms with Crippen molar-refractivity contribution in [3.05, 3.63) is 41.9 Å². The maximum absolute atomic E-state index is 4.29. The zero-order chi connectivity index (χ0) is 12.1. The van der Waals surface area contributed by atoms with Crippen LogP contribution in [0.25, 0.3) is 0 Å². The molecule has 2 rings (SSSR count). The molecule has 90 valence electrons. The first-order valence-electron chi connectivity index (χ1n) is 5.97. The Bertz CT molecular complexity index is 476. The van der Waals surface area contributed by atoms with Crippen molar-refractivity contribution in [3.8, 4) is 0 Å². The summed E-state index contributed by atoms with van der Waals surface area (Å²) in [5.74, 6) is 0.939. The van der Waals surface area contributed by atoms with E-state index in [1.807, 2.05) is 29.2 Å². The van der Waals surface area contributed by atoms with Crippen molar-refractivity contribution in [2.45, 2.75) is 26.8 Å². The molecule has 0 amide bonds. The summed E-state index contributed by atoms with van der Waals surface area (Å²) < 4.78 is 1.99. The molecule has 0 bridgehead atoms. The van der Waals surface area contributed by atoms with Gasteiger partial charge in [0.25, 0.3) is 0 Å². The summed E-state index contributed by atoms with van der Waals surface area (Å²) in [6, 6.07) is 6.12. The third kappa shape index (κ3) is 3.06. The van der Waals surface area contributed by atoms with E-state index < -0.39 is 0 Å². The van der Waals surface area contributed by atoms with E-state index in [0.29, 0.717) is 0 Å². The molecule has 0 atom stereocenters. The average Bonchev–Trinajstić information content (AvgIpc) is 2.73. The second kappa shape index (κ2) is 5.48. The van der Waals surface area contributed by atoms with Crippen LogP contribution in [0.3, 0.4) is 0 Å². The second-order valence-electron chi connectivity index (χ2n) is 4.11. The Morgan fingerprint density at radius 2 is 2.18 bits per heavy atom. The largest absolute Gasteiger partial charge is 0.370 e. The lowest BCUT2D eigenvalue weighted by Crippen LogP contribution is -2.06. The lowest BCUT2D eigenvalue weighted by molar-refractivity contribution is 0.664. The van der Waals surface area contributed by atoms with Gasteiger partial charge in [0, 0.05) is 24.6 Å². The Labute approximate surface area is 102 Å². The van der Waals surface area contributed by atoms with Gasteiger partial charge in [-0.1, -0.05) is 6.92 Å². The van der Waals surface area contributed by atoms with Gasteiger partial charge in [0.2, 0.25) is 0 Å². The van der Waals surface area contributed by atoms with E-state index in [0.717, 1.165) is 25.3 Å². The molecule has 2 aromatic rings. The number of pyridine rings is 1. The maximum Gasteiger partial charge on any atom is 0.126 e. The van der Waals surface area contributed by atoms with Gasteiger partial charge in [-0.3, -0.25) is 4.68 Å². The number of aryl methyl sites for hydroxylation is 1. The van der Waals surface area contributed by atoms with E-state index in [-0.39, 0.29) is 0 Å². The van der Waals surface area contributed by atoms with Gasteiger partial charge in [-0.25, -0.2) is 4.98 Å². The van der Waals surface area contributed by atoms with Crippen LogP contribution in [0.1, 0.15) is 24.6 Å². The minimum absolute atomic E-state index is 0.794. The molecule has 4 heteroatoms. The summed E-state index contributed by atoms with van der Waals surface area (Å²) in [5.41, 5.74) is 2.38. The molecule has 0 aliphatic rings. The smallest absolute Gasteiger partial charge is 0.126 e. The molecule has 4 nitrogen and oxygen atoms in total. The number of hydrogen-bond acceptors (Lipinski definition) is 3. The third-order valence-electron chi connectivity index (χ3n) is 2.64. The van der Waals surface area contributed by atoms with Crippen molar-refractivity contribution in [2.24, 2.45) is 0 Å². The van der Waals surface area contributed by atoms with Gasteiger partial charge in [0.15, 0.2) is 0 Å². The summed E-state index contributed by atoms with van der Waals surface area (Å²) in [4.78, 5) is 4.29. The van der Waals surface area contributed by atoms with Crippen LogP contribution in [0.15, 0.2) is 30.6 Å². The first kappa shape index (κ1) is 11.6. The van der Waals surface area contributed by atoms with E-state index in [1.54, 1.807) is 0 Å². The van der Waals surface area contributed by atoms with E-state index in [2.05, 4.69) is 35.3 Å². The molecule has 1 N–H and O–H groups in total. The van der Waals surface area contributed by atoms with Gasteiger partial charge < -0.3 is 5.32 Å². The molecule has 17 heavy (non-hydrogen) atoms. The fourth-order valence-electron chi connectivity index (χ4n) is 1.66. The Kier molecular flexibility index (Phi) is 3.75. The molecular weight excluding hydrogens is 212 g/mol. The van der Waals surface area contributed by atoms with Crippen molar-refractivity contribution < 1.29 is 0 Å². The van der Waals surface area contributed by atoms with Crippen LogP contribution in [0.4, 0.5) is 5.82 Å². The van der Waals surface area contributed by atoms with E-state index in [9.17, 15) is 0 Å². The van der Waals surface area contributed by atoms with Gasteiger partial charge in [-0.05, 0) is 37.1 Å². The summed E-state index contributed by atoms with van der Waals surface area (Å²) in [7, 11) is 0. The van der Waals surface area contributed by atoms with Crippen molar-refractivity contribution in [1.82, 2.24) is 14.8 Å². The Hall–Kier alpha value is -1.84. The number of aromatic nitrogens is 3. The molecule has 0 spiro atoms. The predicted molar refractivity (Wildman–Crippen MR) is 69.1 cm³/mol. The standard InChI is InChI=1S/C13H18N4/c1-3-6-14-13-9-12(5-7-15-13)10-17-11(2)4-8-16-17/h4-5,7-9H,3,6,10H2,1-2H3,(H,14,15). The average molecular weight is 230 g/mol. The van der Waals surface area contributed by atoms with Crippen LogP contribution < -0.4 is 5.32 Å². The molecule has 0 saturated heterocycles. The topological polar surface area (TPSA) is 42.7 Å². The number of rotatable bonds is 5. The fraction of sp³-hybridized carbons (Fsp3) is 0.385. The highest BCUT2D eigenvalue weighted by atomic mass is 15.3. The van der Waals surface area contributed by atoms with Crippen LogP contribution in [-0.4, -0.2) is 21.3 Å². The highest BCUT2D eigenvalue weighted by molar-refractivity contribution is 5.37. The quantitative estimate of drug-likeness (QED) is 0.858. The molecular formula is C13H18N4. The fourth-order valence-corrected chi connectivity index (χ4v) is 1.66. The van der Waals surface area contributed by atoms with Crippen LogP contribution in [0.2, 0.25) is 0 Å². The summed E-state index contributed by atoms with van der Waals surface area (Å²) in [5, 5.41) is 7.57. The van der Waals surface area contributed by atoms with Crippen LogP contribution >= 0.6 is 0 Å². The molecule has 0 fully saturated rings. The number of nitrogens with zero attached hydrogens (tertiary/aromatic N) is 3. The Morgan fingerprint density at radius 3 is 2.88 bits per heavy atom. The second-order valence-corrected chi connectivity index (χ2v) is 4.11. The van der Waals surface area contributed by atoms with E-state index >= 15 is 0 Å². The highest BCUT2D eigenvalue weighted by Gasteiger charge is 2.00. The first-order chi connectivity index (χ1) is 8.29. The zero-order valence-electron chi connectivity index (χ0n) is 10.3. The van der Waals surface area contributed by atoms with Gasteiger partial charge in [0.05, 0.1) is 6.54 Å². The lowest BCUT2D eigenvalue weighted by atomic mass is 10.2. The number of hydrogen-bond donors (Lipinski definition) is 1. The lowest BCUT2D eigenvalue weighted by Gasteiger charge is -2.07. The van der Waals surface area contributed by atoms with Gasteiger partial charge in [0.1, 0.15) is 5.82 Å². The first-order valence-corrected chi connectivity index (χ1v) is 5.97. The van der Waals surface area contributed by atoms with Crippen molar-refractivity contribution in [1.29, 1.82) is 0 Å². The highest BCUT2D eigenvalue weighted by Crippen LogP contribution is 2.09. The number of nitrogens with one attached hydrogen (secondary N) is 1. The van der Waals surface area contributed by atoms with Gasteiger partial charge >= 0.3 is 0 Å². The summed E-state index contributed by atoms with van der Waals surface area (Å²) in [6.45, 7) is 5.95. The normalized spacial score (nSPS) is 10.5. The SMILES string of the molecule is CCCNc1cc(Cn2nccc2C)ccn1. The molecule has 0 aliphatic heterocycles. The van der Waals surface area contributed by atoms with Crippen LogP contribution in [0, 0.1) is 6.92 Å². The van der Waals surface area contributed by atoms with Crippen molar-refractivity contribution in [3.63, 3.8) is 0 Å². The predicted octanol–water partition coefficient (Wildman–Crippen LogP) is 2.46. The molecule has 0 aromatic carbocycles. The van der Waals surface area contributed by atoms with Crippen LogP contribution in [0.5, 0.6) is 0 Å². The molecule has 0 radical (unpaired) electrons. The summed E-state index contributed by atoms with van der Waals surface area (Å²) in [6.07, 6.45) is 4.77. The van der Waals surface area contributed by atoms with Crippen molar-refractivity contribution >= 4 is 5.82 Å². The third-order valence-corrected chi connectivity index (χ3v) is 2.64. The Balaban J connectivity index is 2.08. The van der Waals surface area contributed by atoms with Gasteiger partial charge in [-0.15, -0.1) is 0 Å². The Morgan fingerprint density at radius 1 is 1.29 bits per heavy atom. The molecule has 2 aromatic heterocycles. The van der Waals surface area contributed by atoms with Crippen LogP contribution in [-0.2, 0) is 6.54 Å². The van der Waals surface area contributed by atoms with Crippen molar-refractivity contribution in [2.75, 3.05) is 11.9 Å². The molecule has 0 aliphatic carbocycles. The summed E-state index contributed by atoms with van der Waals surface area (Å²) >= 11 is 0. The molecule has 0 unspecified atom stereocenters. The van der Waals surface area contributed by atoms with Gasteiger partial charge in [-0.2, -0.15) is 5.10 Å². The monoisotopic (exact) mass is 230 g/mol.